The fourth-order valence-electron chi connectivity index (χ4n) is 3.55. The van der Waals surface area contributed by atoms with Gasteiger partial charge in [0.15, 0.2) is 0 Å². The van der Waals surface area contributed by atoms with Gasteiger partial charge in [-0.3, -0.25) is 9.59 Å². The van der Waals surface area contributed by atoms with Gasteiger partial charge < -0.3 is 19.9 Å². The Hall–Kier alpha value is -1.14. The van der Waals surface area contributed by atoms with Gasteiger partial charge in [-0.05, 0) is 32.7 Å². The van der Waals surface area contributed by atoms with Crippen LogP contribution in [-0.4, -0.2) is 73.1 Å². The van der Waals surface area contributed by atoms with E-state index in [1.165, 1.54) is 0 Å². The molecule has 6 nitrogen and oxygen atoms in total. The van der Waals surface area contributed by atoms with E-state index >= 15 is 0 Å². The first kappa shape index (κ1) is 14.8. The summed E-state index contributed by atoms with van der Waals surface area (Å²) in [7, 11) is 0. The van der Waals surface area contributed by atoms with Crippen molar-refractivity contribution in [3.8, 4) is 0 Å². The van der Waals surface area contributed by atoms with Gasteiger partial charge in [0, 0.05) is 38.8 Å². The first-order valence-electron chi connectivity index (χ1n) is 8.09. The maximum atomic E-state index is 12.5. The Morgan fingerprint density at radius 1 is 1.05 bits per heavy atom. The van der Waals surface area contributed by atoms with Gasteiger partial charge >= 0.3 is 0 Å². The summed E-state index contributed by atoms with van der Waals surface area (Å²) >= 11 is 0. The quantitative estimate of drug-likeness (QED) is 0.768. The largest absolute Gasteiger partial charge is 0.368 e. The number of carbonyl (C=O) groups is 2. The zero-order valence-electron chi connectivity index (χ0n) is 12.7. The highest BCUT2D eigenvalue weighted by Crippen LogP contribution is 2.20. The summed E-state index contributed by atoms with van der Waals surface area (Å²) in [5.41, 5.74) is 0. The summed E-state index contributed by atoms with van der Waals surface area (Å²) in [6, 6.07) is 0.268. The van der Waals surface area contributed by atoms with Crippen LogP contribution in [0.25, 0.3) is 0 Å². The van der Waals surface area contributed by atoms with E-state index in [0.717, 1.165) is 25.8 Å². The van der Waals surface area contributed by atoms with E-state index in [0.29, 0.717) is 32.8 Å². The molecule has 0 aliphatic carbocycles. The molecule has 0 aromatic carbocycles. The van der Waals surface area contributed by atoms with E-state index in [1.807, 2.05) is 9.80 Å². The molecule has 3 aliphatic rings. The molecule has 21 heavy (non-hydrogen) atoms. The third-order valence-corrected chi connectivity index (χ3v) is 4.95. The monoisotopic (exact) mass is 295 g/mol. The molecule has 0 saturated carbocycles. The lowest BCUT2D eigenvalue weighted by atomic mass is 10.00. The van der Waals surface area contributed by atoms with Gasteiger partial charge in [0.25, 0.3) is 5.91 Å². The number of nitrogens with zero attached hydrogens (tertiary/aromatic N) is 2. The molecule has 3 saturated heterocycles. The smallest absolute Gasteiger partial charge is 0.251 e. The molecule has 0 spiro atoms. The van der Waals surface area contributed by atoms with Gasteiger partial charge in [0.1, 0.15) is 6.10 Å². The Morgan fingerprint density at radius 3 is 2.24 bits per heavy atom. The average Bonchev–Trinajstić information content (AvgIpc) is 3.17. The van der Waals surface area contributed by atoms with Crippen LogP contribution in [-0.2, 0) is 14.3 Å². The lowest BCUT2D eigenvalue weighted by molar-refractivity contribution is -0.147. The second kappa shape index (κ2) is 6.32. The van der Waals surface area contributed by atoms with Gasteiger partial charge in [-0.1, -0.05) is 0 Å². The number of rotatable bonds is 2. The topological polar surface area (TPSA) is 61.9 Å². The standard InChI is InChI=1S/C15H25N3O3/c1-11-12(4-5-16-11)14(19)17-6-8-18(9-7-17)15(20)13-3-2-10-21-13/h11-13,16H,2-10H2,1H3. The maximum absolute atomic E-state index is 12.5. The van der Waals surface area contributed by atoms with Crippen LogP contribution < -0.4 is 5.32 Å². The Kier molecular flexibility index (Phi) is 4.45. The van der Waals surface area contributed by atoms with Crippen molar-refractivity contribution in [1.29, 1.82) is 0 Å². The predicted octanol–water partition coefficient (Wildman–Crippen LogP) is -0.166. The van der Waals surface area contributed by atoms with Crippen LogP contribution >= 0.6 is 0 Å². The summed E-state index contributed by atoms with van der Waals surface area (Å²) in [4.78, 5) is 28.6. The van der Waals surface area contributed by atoms with Crippen LogP contribution in [0.1, 0.15) is 26.2 Å². The minimum atomic E-state index is -0.244. The van der Waals surface area contributed by atoms with E-state index in [-0.39, 0.29) is 29.9 Å². The van der Waals surface area contributed by atoms with Crippen molar-refractivity contribution < 1.29 is 14.3 Å². The fourth-order valence-corrected chi connectivity index (χ4v) is 3.55. The third kappa shape index (κ3) is 3.06. The van der Waals surface area contributed by atoms with E-state index in [4.69, 9.17) is 4.74 Å². The second-order valence-electron chi connectivity index (χ2n) is 6.29. The van der Waals surface area contributed by atoms with E-state index < -0.39 is 0 Å². The third-order valence-electron chi connectivity index (χ3n) is 4.95. The molecule has 118 valence electrons. The van der Waals surface area contributed by atoms with Gasteiger partial charge in [-0.25, -0.2) is 0 Å². The normalized spacial score (nSPS) is 33.5. The SMILES string of the molecule is CC1NCCC1C(=O)N1CCN(C(=O)C2CCCO2)CC1. The van der Waals surface area contributed by atoms with Crippen LogP contribution in [0, 0.1) is 5.92 Å². The van der Waals surface area contributed by atoms with Crippen molar-refractivity contribution >= 4 is 11.8 Å². The van der Waals surface area contributed by atoms with Crippen molar-refractivity contribution in [2.24, 2.45) is 5.92 Å². The fraction of sp³-hybridized carbons (Fsp3) is 0.867. The average molecular weight is 295 g/mol. The van der Waals surface area contributed by atoms with Crippen molar-refractivity contribution in [3.63, 3.8) is 0 Å². The molecule has 3 aliphatic heterocycles. The molecule has 3 fully saturated rings. The summed E-state index contributed by atoms with van der Waals surface area (Å²) in [6.07, 6.45) is 2.49. The Balaban J connectivity index is 1.50. The molecule has 1 N–H and O–H groups in total. The zero-order valence-corrected chi connectivity index (χ0v) is 12.7. The minimum Gasteiger partial charge on any atom is -0.368 e. The van der Waals surface area contributed by atoms with Crippen LogP contribution in [0.3, 0.4) is 0 Å². The van der Waals surface area contributed by atoms with E-state index in [9.17, 15) is 9.59 Å². The van der Waals surface area contributed by atoms with Crippen LogP contribution in [0.2, 0.25) is 0 Å². The number of amides is 2. The van der Waals surface area contributed by atoms with Crippen molar-refractivity contribution in [2.75, 3.05) is 39.3 Å². The predicted molar refractivity (Wildman–Crippen MR) is 77.7 cm³/mol. The van der Waals surface area contributed by atoms with Gasteiger partial charge in [-0.2, -0.15) is 0 Å². The lowest BCUT2D eigenvalue weighted by Crippen LogP contribution is -2.54. The molecule has 0 radical (unpaired) electrons. The summed E-state index contributed by atoms with van der Waals surface area (Å²) in [5.74, 6) is 0.456. The van der Waals surface area contributed by atoms with Crippen molar-refractivity contribution in [2.45, 2.75) is 38.3 Å². The summed E-state index contributed by atoms with van der Waals surface area (Å²) < 4.78 is 5.46. The summed E-state index contributed by atoms with van der Waals surface area (Å²) in [5, 5.41) is 3.33. The number of carbonyl (C=O) groups excluding carboxylic acids is 2. The second-order valence-corrected chi connectivity index (χ2v) is 6.29. The first-order valence-corrected chi connectivity index (χ1v) is 8.09. The Labute approximate surface area is 125 Å². The molecule has 0 aromatic heterocycles. The number of hydrogen-bond acceptors (Lipinski definition) is 4. The molecule has 3 atom stereocenters. The highest BCUT2D eigenvalue weighted by Gasteiger charge is 2.35. The molecule has 0 aromatic rings. The van der Waals surface area contributed by atoms with E-state index in [1.54, 1.807) is 0 Å². The highest BCUT2D eigenvalue weighted by molar-refractivity contribution is 5.82. The summed E-state index contributed by atoms with van der Waals surface area (Å²) in [6.45, 7) is 6.28. The molecular formula is C15H25N3O3. The van der Waals surface area contributed by atoms with Gasteiger partial charge in [-0.15, -0.1) is 0 Å². The molecule has 3 heterocycles. The molecule has 3 rings (SSSR count). The Bertz CT molecular complexity index is 401. The molecule has 0 bridgehead atoms. The van der Waals surface area contributed by atoms with Crippen molar-refractivity contribution in [3.05, 3.63) is 0 Å². The molecule has 2 amide bonds. The number of hydrogen-bond donors (Lipinski definition) is 1. The minimum absolute atomic E-state index is 0.102. The molecular weight excluding hydrogens is 270 g/mol. The molecule has 6 heteroatoms. The van der Waals surface area contributed by atoms with Crippen LogP contribution in [0.5, 0.6) is 0 Å². The first-order chi connectivity index (χ1) is 10.2. The van der Waals surface area contributed by atoms with Crippen LogP contribution in [0.15, 0.2) is 0 Å². The number of piperazine rings is 1. The zero-order chi connectivity index (χ0) is 14.8. The number of nitrogens with one attached hydrogen (secondary N) is 1. The maximum Gasteiger partial charge on any atom is 0.251 e. The van der Waals surface area contributed by atoms with Gasteiger partial charge in [0.05, 0.1) is 5.92 Å². The van der Waals surface area contributed by atoms with E-state index in [2.05, 4.69) is 12.2 Å². The lowest BCUT2D eigenvalue weighted by Gasteiger charge is -2.37. The Morgan fingerprint density at radius 2 is 1.71 bits per heavy atom. The highest BCUT2D eigenvalue weighted by atomic mass is 16.5. The van der Waals surface area contributed by atoms with Crippen LogP contribution in [0.4, 0.5) is 0 Å². The molecule has 3 unspecified atom stereocenters. The number of ether oxygens (including phenoxy) is 1. The van der Waals surface area contributed by atoms with Gasteiger partial charge in [0.2, 0.25) is 5.91 Å². The van der Waals surface area contributed by atoms with Crippen molar-refractivity contribution in [1.82, 2.24) is 15.1 Å².